The monoisotopic (exact) mass is 1350 g/mol. The van der Waals surface area contributed by atoms with Crippen LogP contribution in [-0.2, 0) is 65.4 Å². The van der Waals surface area contributed by atoms with E-state index in [1.54, 1.807) is 0 Å². The van der Waals surface area contributed by atoms with E-state index in [1.165, 1.54) is 218 Å². The highest BCUT2D eigenvalue weighted by Gasteiger charge is 2.30. The third-order valence-corrected chi connectivity index (χ3v) is 19.0. The molecule has 3 N–H and O–H groups in total. The zero-order valence-electron chi connectivity index (χ0n) is 59.5. The fourth-order valence-electron chi connectivity index (χ4n) is 11.2. The summed E-state index contributed by atoms with van der Waals surface area (Å²) in [4.78, 5) is 72.5. The molecule has 0 fully saturated rings. The lowest BCUT2D eigenvalue weighted by Crippen LogP contribution is -2.30. The largest absolute Gasteiger partial charge is 0.472 e. The van der Waals surface area contributed by atoms with Crippen molar-refractivity contribution >= 4 is 39.5 Å². The van der Waals surface area contributed by atoms with Crippen LogP contribution in [-0.4, -0.2) is 96.7 Å². The Bertz CT molecular complexity index is 1760. The molecule has 0 heterocycles. The topological polar surface area (TPSA) is 237 Å². The molecule has 17 nitrogen and oxygen atoms in total. The molecule has 2 unspecified atom stereocenters. The zero-order valence-corrected chi connectivity index (χ0v) is 61.3. The van der Waals surface area contributed by atoms with Gasteiger partial charge in [-0.25, -0.2) is 9.13 Å². The second-order valence-corrected chi connectivity index (χ2v) is 29.2. The molecule has 0 rings (SSSR count). The van der Waals surface area contributed by atoms with E-state index < -0.39 is 97.5 Å². The summed E-state index contributed by atoms with van der Waals surface area (Å²) in [6.07, 6.45) is 57.0. The number of esters is 4. The smallest absolute Gasteiger partial charge is 0.462 e. The third-order valence-electron chi connectivity index (χ3n) is 17.1. The van der Waals surface area contributed by atoms with Crippen molar-refractivity contribution < 1.29 is 80.2 Å². The first-order valence-electron chi connectivity index (χ1n) is 38.3. The van der Waals surface area contributed by atoms with Gasteiger partial charge in [0.1, 0.15) is 19.3 Å². The van der Waals surface area contributed by atoms with Gasteiger partial charge in [-0.1, -0.05) is 336 Å². The highest BCUT2D eigenvalue weighted by atomic mass is 31.2. The van der Waals surface area contributed by atoms with Crippen LogP contribution in [0.4, 0.5) is 0 Å². The van der Waals surface area contributed by atoms with Gasteiger partial charge < -0.3 is 33.8 Å². The van der Waals surface area contributed by atoms with E-state index in [9.17, 15) is 43.2 Å². The molecular formula is C73H142O17P2. The normalized spacial score (nSPS) is 13.9. The maximum atomic E-state index is 13.1. The number of rotatable bonds is 74. The standard InChI is InChI=1S/C73H142O17P2/c1-5-9-13-17-21-25-27-29-30-31-32-33-34-35-36-38-40-44-48-52-56-60-73(78)90-69(64-84-71(76)58-54-50-46-43-39-37-28-26-22-18-14-10-6-2)66-88-92(81,82)86-62-67(74)61-85-91(79,80)87-65-68(89-72(77)59-55-51-47-42-24-20-16-12-8-4)63-83-70(75)57-53-49-45-41-23-19-15-11-7-3/h67-69,74H,5-66H2,1-4H3,(H,79,80)(H,81,82)/t67-,68+,69+/m0/s1. The van der Waals surface area contributed by atoms with Crippen LogP contribution in [0.1, 0.15) is 387 Å². The first-order valence-corrected chi connectivity index (χ1v) is 41.3. The Morgan fingerprint density at radius 3 is 0.641 bits per heavy atom. The number of ether oxygens (including phenoxy) is 4. The molecule has 0 aromatic rings. The predicted octanol–water partition coefficient (Wildman–Crippen LogP) is 21.4. The molecule has 0 spiro atoms. The highest BCUT2D eigenvalue weighted by Crippen LogP contribution is 2.45. The van der Waals surface area contributed by atoms with Crippen LogP contribution in [0.5, 0.6) is 0 Å². The van der Waals surface area contributed by atoms with Crippen molar-refractivity contribution in [3.8, 4) is 0 Å². The Labute approximate surface area is 562 Å². The number of phosphoric acid groups is 2. The van der Waals surface area contributed by atoms with E-state index in [0.29, 0.717) is 25.7 Å². The average molecular weight is 1350 g/mol. The number of hydrogen-bond donors (Lipinski definition) is 3. The summed E-state index contributed by atoms with van der Waals surface area (Å²) in [5.74, 6) is -2.12. The second kappa shape index (κ2) is 67.6. The second-order valence-electron chi connectivity index (χ2n) is 26.3. The third kappa shape index (κ3) is 66.7. The first kappa shape index (κ1) is 90.1. The van der Waals surface area contributed by atoms with Gasteiger partial charge in [-0.15, -0.1) is 0 Å². The number of carbonyl (C=O) groups excluding carboxylic acids is 4. The minimum absolute atomic E-state index is 0.106. The molecule has 0 aliphatic rings. The molecule has 0 saturated carbocycles. The van der Waals surface area contributed by atoms with Crippen molar-refractivity contribution in [2.45, 2.75) is 406 Å². The lowest BCUT2D eigenvalue weighted by Gasteiger charge is -2.21. The minimum atomic E-state index is -4.95. The summed E-state index contributed by atoms with van der Waals surface area (Å²) in [7, 11) is -9.90. The molecule has 546 valence electrons. The summed E-state index contributed by atoms with van der Waals surface area (Å²) in [6, 6.07) is 0. The number of aliphatic hydroxyl groups excluding tert-OH is 1. The summed E-state index contributed by atoms with van der Waals surface area (Å²) >= 11 is 0. The summed E-state index contributed by atoms with van der Waals surface area (Å²) in [5, 5.41) is 10.6. The Balaban J connectivity index is 5.15. The summed E-state index contributed by atoms with van der Waals surface area (Å²) in [6.45, 7) is 4.93. The van der Waals surface area contributed by atoms with Gasteiger partial charge in [-0.05, 0) is 25.7 Å². The van der Waals surface area contributed by atoms with E-state index in [1.807, 2.05) is 0 Å². The van der Waals surface area contributed by atoms with E-state index in [2.05, 4.69) is 27.7 Å². The van der Waals surface area contributed by atoms with Gasteiger partial charge in [0.15, 0.2) is 12.2 Å². The van der Waals surface area contributed by atoms with E-state index >= 15 is 0 Å². The predicted molar refractivity (Wildman–Crippen MR) is 372 cm³/mol. The van der Waals surface area contributed by atoms with Gasteiger partial charge in [-0.2, -0.15) is 0 Å². The van der Waals surface area contributed by atoms with Gasteiger partial charge >= 0.3 is 39.5 Å². The van der Waals surface area contributed by atoms with Crippen molar-refractivity contribution in [1.29, 1.82) is 0 Å². The summed E-state index contributed by atoms with van der Waals surface area (Å²) < 4.78 is 68.3. The van der Waals surface area contributed by atoms with Crippen molar-refractivity contribution in [3.05, 3.63) is 0 Å². The number of hydrogen-bond acceptors (Lipinski definition) is 15. The van der Waals surface area contributed by atoms with Crippen molar-refractivity contribution in [3.63, 3.8) is 0 Å². The molecule has 0 aromatic heterocycles. The quantitative estimate of drug-likeness (QED) is 0.0222. The Morgan fingerprint density at radius 2 is 0.435 bits per heavy atom. The minimum Gasteiger partial charge on any atom is -0.462 e. The molecule has 5 atom stereocenters. The van der Waals surface area contributed by atoms with E-state index in [-0.39, 0.29) is 25.7 Å². The average Bonchev–Trinajstić information content (AvgIpc) is 2.71. The highest BCUT2D eigenvalue weighted by molar-refractivity contribution is 7.47. The van der Waals surface area contributed by atoms with Gasteiger partial charge in [0.05, 0.1) is 26.4 Å². The van der Waals surface area contributed by atoms with Crippen LogP contribution in [0, 0.1) is 0 Å². The molecule has 0 aliphatic carbocycles. The van der Waals surface area contributed by atoms with E-state index in [0.717, 1.165) is 89.9 Å². The van der Waals surface area contributed by atoms with Crippen LogP contribution in [0.3, 0.4) is 0 Å². The number of carbonyl (C=O) groups is 4. The fraction of sp³-hybridized carbons (Fsp3) is 0.945. The molecule has 0 amide bonds. The van der Waals surface area contributed by atoms with Crippen LogP contribution < -0.4 is 0 Å². The van der Waals surface area contributed by atoms with Crippen molar-refractivity contribution in [1.82, 2.24) is 0 Å². The first-order chi connectivity index (χ1) is 44.7. The molecule has 0 aliphatic heterocycles. The van der Waals surface area contributed by atoms with E-state index in [4.69, 9.17) is 37.0 Å². The Morgan fingerprint density at radius 1 is 0.261 bits per heavy atom. The van der Waals surface area contributed by atoms with Crippen LogP contribution >= 0.6 is 15.6 Å². The van der Waals surface area contributed by atoms with Gasteiger partial charge in [0, 0.05) is 25.7 Å². The Kier molecular flexibility index (Phi) is 66.2. The fourth-order valence-corrected chi connectivity index (χ4v) is 12.8. The van der Waals surface area contributed by atoms with Crippen molar-refractivity contribution in [2.24, 2.45) is 0 Å². The molecule has 92 heavy (non-hydrogen) atoms. The molecule has 0 saturated heterocycles. The maximum absolute atomic E-state index is 13.1. The van der Waals surface area contributed by atoms with Gasteiger partial charge in [0.2, 0.25) is 0 Å². The lowest BCUT2D eigenvalue weighted by atomic mass is 10.0. The molecule has 0 bridgehead atoms. The van der Waals surface area contributed by atoms with Gasteiger partial charge in [-0.3, -0.25) is 37.3 Å². The molecule has 0 radical (unpaired) electrons. The zero-order chi connectivity index (χ0) is 67.5. The van der Waals surface area contributed by atoms with Crippen LogP contribution in [0.25, 0.3) is 0 Å². The number of phosphoric ester groups is 2. The number of unbranched alkanes of at least 4 members (excludes halogenated alkanes) is 48. The Hall–Kier alpha value is -1.94. The molecule has 0 aromatic carbocycles. The number of aliphatic hydroxyl groups is 1. The van der Waals surface area contributed by atoms with Crippen molar-refractivity contribution in [2.75, 3.05) is 39.6 Å². The van der Waals surface area contributed by atoms with Gasteiger partial charge in [0.25, 0.3) is 0 Å². The lowest BCUT2D eigenvalue weighted by molar-refractivity contribution is -0.161. The molecular weight excluding hydrogens is 1210 g/mol. The summed E-state index contributed by atoms with van der Waals surface area (Å²) in [5.41, 5.74) is 0. The molecule has 19 heteroatoms. The van der Waals surface area contributed by atoms with Crippen LogP contribution in [0.2, 0.25) is 0 Å². The maximum Gasteiger partial charge on any atom is 0.472 e. The SMILES string of the molecule is CCCCCCCCCCCCCCCCCCCCCCCC(=O)O[C@H](COC(=O)CCCCCCCCCCCCCCC)COP(=O)(O)OC[C@@H](O)COP(=O)(O)OC[C@@H](COC(=O)CCCCCCCCCCC)OC(=O)CCCCCCCCCCC. The van der Waals surface area contributed by atoms with Crippen LogP contribution in [0.15, 0.2) is 0 Å².